The number of fused-ring (bicyclic) bond motifs is 1. The monoisotopic (exact) mass is 474 g/mol. The van der Waals surface area contributed by atoms with Crippen molar-refractivity contribution in [2.24, 2.45) is 0 Å². The molecule has 1 aromatic carbocycles. The molecule has 0 bridgehead atoms. The third-order valence-electron chi connectivity index (χ3n) is 6.44. The van der Waals surface area contributed by atoms with E-state index in [1.165, 1.54) is 25.4 Å². The third-order valence-corrected chi connectivity index (χ3v) is 6.44. The lowest BCUT2D eigenvalue weighted by molar-refractivity contribution is -0.622. The number of aliphatic hydroxyl groups excluding tert-OH is 1. The number of rotatable bonds is 6. The van der Waals surface area contributed by atoms with Crippen molar-refractivity contribution in [2.45, 2.75) is 37.8 Å². The molecule has 9 nitrogen and oxygen atoms in total. The van der Waals surface area contributed by atoms with Crippen LogP contribution in [-0.2, 0) is 16.8 Å². The molecule has 5 rings (SSSR count). The van der Waals surface area contributed by atoms with E-state index in [1.54, 1.807) is 48.7 Å². The van der Waals surface area contributed by atoms with Gasteiger partial charge in [-0.1, -0.05) is 12.1 Å². The summed E-state index contributed by atoms with van der Waals surface area (Å²) in [5, 5.41) is 49.5. The van der Waals surface area contributed by atoms with Gasteiger partial charge in [-0.3, -0.25) is 9.44 Å². The maximum atomic E-state index is 14.3. The number of quaternary nitrogens is 1. The summed E-state index contributed by atoms with van der Waals surface area (Å²) in [7, 11) is 0. The van der Waals surface area contributed by atoms with Crippen molar-refractivity contribution in [3.63, 3.8) is 0 Å². The first-order valence-electron chi connectivity index (χ1n) is 11.5. The van der Waals surface area contributed by atoms with Crippen LogP contribution in [0.25, 0.3) is 11.1 Å². The summed E-state index contributed by atoms with van der Waals surface area (Å²) in [6.07, 6.45) is 6.47. The normalized spacial score (nSPS) is 21.0. The first-order chi connectivity index (χ1) is 16.7. The Morgan fingerprint density at radius 3 is 2.74 bits per heavy atom. The molecule has 1 amide bonds. The fourth-order valence-corrected chi connectivity index (χ4v) is 4.28. The molecule has 2 atom stereocenters. The second-order valence-electron chi connectivity index (χ2n) is 9.33. The predicted molar refractivity (Wildman–Crippen MR) is 130 cm³/mol. The van der Waals surface area contributed by atoms with Crippen LogP contribution in [0.3, 0.4) is 0 Å². The molecule has 0 saturated heterocycles. The van der Waals surface area contributed by atoms with Crippen LogP contribution in [-0.4, -0.2) is 33.8 Å². The summed E-state index contributed by atoms with van der Waals surface area (Å²) in [4.78, 5) is 17.2. The first kappa shape index (κ1) is 23.1. The number of hydroxylamine groups is 1. The molecule has 3 aromatic rings. The van der Waals surface area contributed by atoms with Crippen LogP contribution < -0.4 is 14.7 Å². The molecule has 9 heteroatoms. The number of pyridine rings is 2. The van der Waals surface area contributed by atoms with E-state index in [-0.39, 0.29) is 17.6 Å². The average Bonchev–Trinajstić information content (AvgIpc) is 3.68. The Kier molecular flexibility index (Phi) is 5.65. The fourth-order valence-electron chi connectivity index (χ4n) is 4.28. The van der Waals surface area contributed by atoms with Gasteiger partial charge < -0.3 is 25.9 Å². The quantitative estimate of drug-likeness (QED) is 0.286. The summed E-state index contributed by atoms with van der Waals surface area (Å²) in [5.41, 5.74) is 0.877. The van der Waals surface area contributed by atoms with Crippen LogP contribution in [0.1, 0.15) is 31.0 Å². The van der Waals surface area contributed by atoms with Crippen LogP contribution in [0.15, 0.2) is 72.7 Å². The van der Waals surface area contributed by atoms with Crippen molar-refractivity contribution in [3.05, 3.63) is 94.4 Å². The van der Waals surface area contributed by atoms with Crippen LogP contribution in [0.2, 0.25) is 0 Å². The molecular weight excluding hydrogens is 448 g/mol. The van der Waals surface area contributed by atoms with Gasteiger partial charge in [0.15, 0.2) is 11.8 Å². The highest BCUT2D eigenvalue weighted by atomic mass is 16.5. The van der Waals surface area contributed by atoms with Crippen molar-refractivity contribution in [1.29, 1.82) is 0 Å². The molecule has 35 heavy (non-hydrogen) atoms. The van der Waals surface area contributed by atoms with Gasteiger partial charge in [-0.2, -0.15) is 4.73 Å². The number of carbonyl (C=O) groups is 1. The van der Waals surface area contributed by atoms with Gasteiger partial charge in [0.1, 0.15) is 11.9 Å². The zero-order chi connectivity index (χ0) is 24.8. The number of aliphatic hydroxyl groups is 2. The van der Waals surface area contributed by atoms with E-state index in [0.29, 0.717) is 44.9 Å². The Balaban J connectivity index is 1.56. The van der Waals surface area contributed by atoms with Crippen molar-refractivity contribution in [1.82, 2.24) is 14.9 Å². The molecule has 0 radical (unpaired) electrons. The minimum atomic E-state index is -1.68. The number of hydrogen-bond acceptors (Lipinski definition) is 6. The van der Waals surface area contributed by atoms with Crippen LogP contribution in [0.5, 0.6) is 0 Å². The number of carbonyl (C=O) groups excluding carboxylic acids is 1. The molecular formula is C26H26N4O5. The van der Waals surface area contributed by atoms with Crippen LogP contribution >= 0.6 is 0 Å². The molecule has 2 unspecified atom stereocenters. The molecule has 1 saturated carbocycles. The summed E-state index contributed by atoms with van der Waals surface area (Å²) < 4.78 is -0.524. The largest absolute Gasteiger partial charge is 0.618 e. The SMILES string of the molecule is CC(O)(CO)c1ccc(-c2cccc([N+]3([O-])C=C(C(=O)NC4CC4)Cc4cccnc43)c2)c[n+]1[O-]. The number of amides is 1. The Labute approximate surface area is 202 Å². The minimum absolute atomic E-state index is 0.00985. The van der Waals surface area contributed by atoms with Gasteiger partial charge in [0, 0.05) is 48.0 Å². The second-order valence-corrected chi connectivity index (χ2v) is 9.33. The van der Waals surface area contributed by atoms with E-state index >= 15 is 0 Å². The number of aromatic nitrogens is 2. The highest BCUT2D eigenvalue weighted by Crippen LogP contribution is 2.41. The van der Waals surface area contributed by atoms with Crippen molar-refractivity contribution >= 4 is 17.4 Å². The topological polar surface area (TPSA) is 132 Å². The van der Waals surface area contributed by atoms with E-state index in [9.17, 15) is 25.4 Å². The highest BCUT2D eigenvalue weighted by molar-refractivity contribution is 5.96. The summed E-state index contributed by atoms with van der Waals surface area (Å²) in [6, 6.07) is 13.6. The molecule has 0 spiro atoms. The molecule has 2 aromatic heterocycles. The third kappa shape index (κ3) is 4.30. The zero-order valence-corrected chi connectivity index (χ0v) is 19.2. The molecule has 2 aliphatic rings. The fraction of sp³-hybridized carbons (Fsp3) is 0.269. The van der Waals surface area contributed by atoms with E-state index in [2.05, 4.69) is 10.3 Å². The summed E-state index contributed by atoms with van der Waals surface area (Å²) >= 11 is 0. The Morgan fingerprint density at radius 1 is 1.23 bits per heavy atom. The summed E-state index contributed by atoms with van der Waals surface area (Å²) in [6.45, 7) is 0.752. The number of nitrogens with one attached hydrogen (secondary N) is 1. The lowest BCUT2D eigenvalue weighted by atomic mass is 9.99. The maximum absolute atomic E-state index is 14.3. The Morgan fingerprint density at radius 2 is 2.03 bits per heavy atom. The average molecular weight is 475 g/mol. The van der Waals surface area contributed by atoms with Gasteiger partial charge in [-0.15, -0.1) is 0 Å². The lowest BCUT2D eigenvalue weighted by Gasteiger charge is -2.40. The van der Waals surface area contributed by atoms with Gasteiger partial charge in [0.25, 0.3) is 5.91 Å². The zero-order valence-electron chi connectivity index (χ0n) is 19.2. The molecule has 3 N–H and O–H groups in total. The lowest BCUT2D eigenvalue weighted by Crippen LogP contribution is -2.42. The number of hydrogen-bond donors (Lipinski definition) is 3. The summed E-state index contributed by atoms with van der Waals surface area (Å²) in [5.74, 6) is 0.0521. The van der Waals surface area contributed by atoms with Crippen molar-refractivity contribution in [2.75, 3.05) is 6.61 Å². The van der Waals surface area contributed by atoms with Gasteiger partial charge >= 0.3 is 0 Å². The Bertz CT molecular complexity index is 1330. The van der Waals surface area contributed by atoms with Gasteiger partial charge in [-0.25, -0.2) is 4.98 Å². The second kappa shape index (κ2) is 8.54. The van der Waals surface area contributed by atoms with Gasteiger partial charge in [0.05, 0.1) is 12.2 Å². The molecule has 1 fully saturated rings. The minimum Gasteiger partial charge on any atom is -0.618 e. The van der Waals surface area contributed by atoms with Crippen molar-refractivity contribution in [3.8, 4) is 11.1 Å². The van der Waals surface area contributed by atoms with Crippen molar-refractivity contribution < 1.29 is 19.7 Å². The van der Waals surface area contributed by atoms with E-state index in [4.69, 9.17) is 0 Å². The standard InChI is InChI=1S/C26H26N4O5/c1-26(33,16-31)23-10-7-19(14-29(23)34)17-4-2-6-22(13-17)30(35)15-20(25(32)28-21-8-9-21)12-18-5-3-11-27-24(18)30/h2-7,10-11,13-15,21,31,33H,8-9,12,16H2,1H3,(H,28,32). The van der Waals surface area contributed by atoms with E-state index in [0.717, 1.165) is 12.8 Å². The Hall–Kier alpha value is -3.63. The maximum Gasteiger partial charge on any atom is 0.253 e. The van der Waals surface area contributed by atoms with E-state index in [1.807, 2.05) is 0 Å². The van der Waals surface area contributed by atoms with Crippen LogP contribution in [0.4, 0.5) is 11.5 Å². The van der Waals surface area contributed by atoms with Gasteiger partial charge in [0.2, 0.25) is 11.5 Å². The molecule has 1 aliphatic carbocycles. The smallest absolute Gasteiger partial charge is 0.253 e. The molecule has 3 heterocycles. The first-order valence-corrected chi connectivity index (χ1v) is 11.5. The molecule has 180 valence electrons. The van der Waals surface area contributed by atoms with Crippen LogP contribution in [0, 0.1) is 10.4 Å². The number of benzene rings is 1. The predicted octanol–water partition coefficient (Wildman–Crippen LogP) is 2.44. The molecule has 1 aliphatic heterocycles. The van der Waals surface area contributed by atoms with Gasteiger partial charge in [-0.05, 0) is 43.5 Å². The highest BCUT2D eigenvalue weighted by Gasteiger charge is 2.36. The van der Waals surface area contributed by atoms with E-state index < -0.39 is 16.9 Å². The number of nitrogens with zero attached hydrogens (tertiary/aromatic N) is 3.